The van der Waals surface area contributed by atoms with Crippen LogP contribution in [0.1, 0.15) is 53.4 Å². The van der Waals surface area contributed by atoms with Gasteiger partial charge in [-0.2, -0.15) is 0 Å². The number of hydrogen-bond acceptors (Lipinski definition) is 0. The van der Waals surface area contributed by atoms with Crippen LogP contribution in [0.5, 0.6) is 0 Å². The second-order valence-electron chi connectivity index (χ2n) is 5.90. The van der Waals surface area contributed by atoms with E-state index in [2.05, 4.69) is 58.1 Å². The number of fused-ring (bicyclic) bond motifs is 2. The number of hydrogen-bond donors (Lipinski definition) is 0. The van der Waals surface area contributed by atoms with E-state index >= 15 is 0 Å². The van der Waals surface area contributed by atoms with Crippen LogP contribution in [0.3, 0.4) is 0 Å². The van der Waals surface area contributed by atoms with Crippen LogP contribution in [-0.2, 0) is 0 Å². The molecule has 2 saturated carbocycles. The average Bonchev–Trinajstić information content (AvgIpc) is 2.91. The van der Waals surface area contributed by atoms with E-state index in [4.69, 9.17) is 0 Å². The smallest absolute Gasteiger partial charge is 0.000722 e. The van der Waals surface area contributed by atoms with E-state index in [9.17, 15) is 0 Å². The Labute approximate surface area is 112 Å². The Morgan fingerprint density at radius 3 is 2.72 bits per heavy atom. The first kappa shape index (κ1) is 13.4. The maximum Gasteiger partial charge on any atom is -0.000722 e. The third kappa shape index (κ3) is 2.25. The zero-order valence-corrected chi connectivity index (χ0v) is 12.3. The highest BCUT2D eigenvalue weighted by atomic mass is 14.5. The molecule has 0 aromatic carbocycles. The molecule has 2 atom stereocenters. The summed E-state index contributed by atoms with van der Waals surface area (Å²) in [4.78, 5) is 0. The zero-order valence-electron chi connectivity index (χ0n) is 12.3. The second-order valence-corrected chi connectivity index (χ2v) is 5.90. The van der Waals surface area contributed by atoms with Crippen LogP contribution in [0.4, 0.5) is 0 Å². The molecule has 0 spiro atoms. The number of rotatable bonds is 3. The SMILES string of the molecule is CC=CCC12CC(=CC)C(CC1=CC(C)=CC)C2. The van der Waals surface area contributed by atoms with Crippen LogP contribution in [0.25, 0.3) is 0 Å². The second kappa shape index (κ2) is 5.30. The molecule has 0 heteroatoms. The van der Waals surface area contributed by atoms with Gasteiger partial charge in [0, 0.05) is 0 Å². The summed E-state index contributed by atoms with van der Waals surface area (Å²) in [7, 11) is 0. The molecule has 2 rings (SSSR count). The molecule has 0 saturated heterocycles. The first-order valence-electron chi connectivity index (χ1n) is 7.25. The van der Waals surface area contributed by atoms with Gasteiger partial charge in [0.15, 0.2) is 0 Å². The zero-order chi connectivity index (χ0) is 13.2. The van der Waals surface area contributed by atoms with E-state index in [0.29, 0.717) is 5.41 Å². The Bertz CT molecular complexity index is 431. The van der Waals surface area contributed by atoms with Gasteiger partial charge in [0.1, 0.15) is 0 Å². The van der Waals surface area contributed by atoms with Gasteiger partial charge in [-0.1, -0.05) is 47.1 Å². The van der Waals surface area contributed by atoms with Crippen molar-refractivity contribution in [1.29, 1.82) is 0 Å². The van der Waals surface area contributed by atoms with Crippen molar-refractivity contribution >= 4 is 0 Å². The van der Waals surface area contributed by atoms with Gasteiger partial charge in [0.25, 0.3) is 0 Å². The fourth-order valence-electron chi connectivity index (χ4n) is 3.68. The maximum atomic E-state index is 2.45. The summed E-state index contributed by atoms with van der Waals surface area (Å²) in [6.45, 7) is 8.70. The van der Waals surface area contributed by atoms with E-state index in [1.165, 1.54) is 31.3 Å². The Morgan fingerprint density at radius 2 is 2.11 bits per heavy atom. The van der Waals surface area contributed by atoms with Gasteiger partial charge < -0.3 is 0 Å². The fourth-order valence-corrected chi connectivity index (χ4v) is 3.68. The lowest BCUT2D eigenvalue weighted by atomic mass is 9.75. The molecule has 98 valence electrons. The fraction of sp³-hybridized carbons (Fsp3) is 0.556. The summed E-state index contributed by atoms with van der Waals surface area (Å²) in [6, 6.07) is 0. The Kier molecular flexibility index (Phi) is 3.94. The molecular formula is C18H26. The summed E-state index contributed by atoms with van der Waals surface area (Å²) >= 11 is 0. The lowest BCUT2D eigenvalue weighted by Crippen LogP contribution is -2.17. The van der Waals surface area contributed by atoms with Crippen molar-refractivity contribution in [2.24, 2.45) is 11.3 Å². The summed E-state index contributed by atoms with van der Waals surface area (Å²) in [5, 5.41) is 0. The lowest BCUT2D eigenvalue weighted by molar-refractivity contribution is 0.402. The third-order valence-electron chi connectivity index (χ3n) is 4.82. The first-order valence-corrected chi connectivity index (χ1v) is 7.25. The highest BCUT2D eigenvalue weighted by molar-refractivity contribution is 5.39. The molecule has 0 heterocycles. The van der Waals surface area contributed by atoms with Crippen LogP contribution in [0, 0.1) is 11.3 Å². The van der Waals surface area contributed by atoms with Gasteiger partial charge >= 0.3 is 0 Å². The van der Waals surface area contributed by atoms with Crippen molar-refractivity contribution in [2.75, 3.05) is 0 Å². The average molecular weight is 242 g/mol. The van der Waals surface area contributed by atoms with Crippen LogP contribution in [-0.4, -0.2) is 0 Å². The van der Waals surface area contributed by atoms with Crippen LogP contribution in [0.2, 0.25) is 0 Å². The molecule has 2 aliphatic carbocycles. The molecule has 0 amide bonds. The van der Waals surface area contributed by atoms with E-state index in [0.717, 1.165) is 5.92 Å². The molecule has 0 aromatic rings. The van der Waals surface area contributed by atoms with Crippen LogP contribution in [0.15, 0.2) is 47.1 Å². The predicted octanol–water partition coefficient (Wildman–Crippen LogP) is 5.59. The van der Waals surface area contributed by atoms with E-state index < -0.39 is 0 Å². The van der Waals surface area contributed by atoms with Gasteiger partial charge in [-0.15, -0.1) is 0 Å². The minimum atomic E-state index is 0.448. The molecule has 2 aliphatic rings. The Hall–Kier alpha value is -1.04. The maximum absolute atomic E-state index is 2.45. The highest BCUT2D eigenvalue weighted by Gasteiger charge is 2.49. The molecule has 0 aliphatic heterocycles. The van der Waals surface area contributed by atoms with Gasteiger partial charge in [0.2, 0.25) is 0 Å². The van der Waals surface area contributed by atoms with Crippen molar-refractivity contribution in [3.63, 3.8) is 0 Å². The molecule has 0 nitrogen and oxygen atoms in total. The molecule has 2 fully saturated rings. The summed E-state index contributed by atoms with van der Waals surface area (Å²) < 4.78 is 0. The van der Waals surface area contributed by atoms with Crippen molar-refractivity contribution in [3.05, 3.63) is 47.1 Å². The predicted molar refractivity (Wildman–Crippen MR) is 80.5 cm³/mol. The van der Waals surface area contributed by atoms with Crippen LogP contribution >= 0.6 is 0 Å². The number of allylic oxidation sites excluding steroid dienone is 8. The van der Waals surface area contributed by atoms with Crippen molar-refractivity contribution in [2.45, 2.75) is 53.4 Å². The molecule has 0 aromatic heterocycles. The van der Waals surface area contributed by atoms with E-state index in [-0.39, 0.29) is 0 Å². The Morgan fingerprint density at radius 1 is 1.33 bits per heavy atom. The lowest BCUT2D eigenvalue weighted by Gasteiger charge is -2.29. The molecule has 0 N–H and O–H groups in total. The van der Waals surface area contributed by atoms with Crippen molar-refractivity contribution < 1.29 is 0 Å². The minimum absolute atomic E-state index is 0.448. The summed E-state index contributed by atoms with van der Waals surface area (Å²) in [5.41, 5.74) is 5.27. The standard InChI is InChI=1S/C18H26/c1-5-8-9-18-12-15(7-3)16(13-18)11-17(18)10-14(4)6-2/h5-8,10,16H,9,11-13H2,1-4H3. The molecule has 2 unspecified atom stereocenters. The van der Waals surface area contributed by atoms with Crippen molar-refractivity contribution in [1.82, 2.24) is 0 Å². The van der Waals surface area contributed by atoms with Gasteiger partial charge in [-0.3, -0.25) is 0 Å². The third-order valence-corrected chi connectivity index (χ3v) is 4.82. The van der Waals surface area contributed by atoms with Gasteiger partial charge in [0.05, 0.1) is 0 Å². The first-order chi connectivity index (χ1) is 8.65. The van der Waals surface area contributed by atoms with E-state index in [1.807, 2.05) is 0 Å². The highest BCUT2D eigenvalue weighted by Crippen LogP contribution is 2.61. The van der Waals surface area contributed by atoms with E-state index in [1.54, 1.807) is 11.1 Å². The Balaban J connectivity index is 2.32. The minimum Gasteiger partial charge on any atom is -0.0916 e. The van der Waals surface area contributed by atoms with Gasteiger partial charge in [-0.25, -0.2) is 0 Å². The largest absolute Gasteiger partial charge is 0.0916 e. The monoisotopic (exact) mass is 242 g/mol. The molecule has 18 heavy (non-hydrogen) atoms. The van der Waals surface area contributed by atoms with Crippen molar-refractivity contribution in [3.8, 4) is 0 Å². The molecule has 2 bridgehead atoms. The quantitative estimate of drug-likeness (QED) is 0.566. The topological polar surface area (TPSA) is 0 Å². The molecule has 0 radical (unpaired) electrons. The summed E-state index contributed by atoms with van der Waals surface area (Å²) in [6.07, 6.45) is 16.8. The van der Waals surface area contributed by atoms with Gasteiger partial charge in [-0.05, 0) is 64.7 Å². The summed E-state index contributed by atoms with van der Waals surface area (Å²) in [5.74, 6) is 0.830. The van der Waals surface area contributed by atoms with Crippen LogP contribution < -0.4 is 0 Å². The normalized spacial score (nSPS) is 36.4. The molecular weight excluding hydrogens is 216 g/mol.